The summed E-state index contributed by atoms with van der Waals surface area (Å²) >= 11 is 0. The molecule has 0 aromatic heterocycles. The molecule has 0 aromatic carbocycles. The monoisotopic (exact) mass is 193 g/mol. The summed E-state index contributed by atoms with van der Waals surface area (Å²) in [5.41, 5.74) is 0.497. The summed E-state index contributed by atoms with van der Waals surface area (Å²) in [4.78, 5) is 0. The number of hydrogen-bond donors (Lipinski definition) is 0. The first-order chi connectivity index (χ1) is 6.55. The second-order valence-corrected chi connectivity index (χ2v) is 5.81. The van der Waals surface area contributed by atoms with Gasteiger partial charge in [-0.2, -0.15) is 0 Å². The van der Waals surface area contributed by atoms with Gasteiger partial charge in [0.15, 0.2) is 0 Å². The fourth-order valence-electron chi connectivity index (χ4n) is 2.40. The summed E-state index contributed by atoms with van der Waals surface area (Å²) in [5, 5.41) is 0. The van der Waals surface area contributed by atoms with Gasteiger partial charge in [-0.3, -0.25) is 0 Å². The van der Waals surface area contributed by atoms with E-state index in [2.05, 4.69) is 35.0 Å². The van der Waals surface area contributed by atoms with E-state index in [1.165, 1.54) is 38.4 Å². The van der Waals surface area contributed by atoms with Crippen molar-refractivity contribution in [3.8, 4) is 0 Å². The highest BCUT2D eigenvalue weighted by Gasteiger charge is 2.32. The van der Waals surface area contributed by atoms with Gasteiger partial charge in [-0.1, -0.05) is 71.9 Å². The zero-order valence-corrected chi connectivity index (χ0v) is 10.5. The van der Waals surface area contributed by atoms with Crippen molar-refractivity contribution in [2.45, 2.75) is 71.9 Å². The van der Waals surface area contributed by atoms with E-state index in [0.717, 1.165) is 11.7 Å². The topological polar surface area (TPSA) is 0 Å². The van der Waals surface area contributed by atoms with E-state index in [9.17, 15) is 0 Å². The Morgan fingerprint density at radius 3 is 2.36 bits per heavy atom. The van der Waals surface area contributed by atoms with Gasteiger partial charge in [-0.25, -0.2) is 0 Å². The van der Waals surface area contributed by atoms with Crippen molar-refractivity contribution in [2.75, 3.05) is 0 Å². The summed E-state index contributed by atoms with van der Waals surface area (Å²) in [6.45, 7) is 9.63. The Labute approximate surface area is 91.1 Å². The molecular formula is C13H26B. The molecule has 1 radical (unpaired) electrons. The first kappa shape index (κ1) is 12.1. The Balaban J connectivity index is 2.54. The highest BCUT2D eigenvalue weighted by Crippen LogP contribution is 2.43. The summed E-state index contributed by atoms with van der Waals surface area (Å²) < 4.78 is 0. The minimum absolute atomic E-state index is 0.497. The van der Waals surface area contributed by atoms with Crippen LogP contribution in [-0.2, 0) is 0 Å². The number of rotatable bonds is 2. The van der Waals surface area contributed by atoms with E-state index in [-0.39, 0.29) is 0 Å². The van der Waals surface area contributed by atoms with E-state index in [1.54, 1.807) is 0 Å². The minimum Gasteiger partial charge on any atom is -0.0799 e. The Hall–Kier alpha value is 0.0649. The molecule has 1 saturated heterocycles. The van der Waals surface area contributed by atoms with E-state index < -0.39 is 0 Å². The third-order valence-electron chi connectivity index (χ3n) is 4.36. The molecule has 1 heteroatoms. The van der Waals surface area contributed by atoms with Gasteiger partial charge in [-0.15, -0.1) is 0 Å². The molecule has 81 valence electrons. The SMILES string of the molecule is CC(C)C(C)(C)C1[B]CCCCCC1. The molecule has 0 bridgehead atoms. The smallest absolute Gasteiger partial charge is 0.0799 e. The highest BCUT2D eigenvalue weighted by atomic mass is 14.3. The molecule has 14 heavy (non-hydrogen) atoms. The molecule has 1 fully saturated rings. The quantitative estimate of drug-likeness (QED) is 0.564. The van der Waals surface area contributed by atoms with Crippen LogP contribution in [0.1, 0.15) is 59.8 Å². The second kappa shape index (κ2) is 5.23. The normalized spacial score (nSPS) is 25.4. The van der Waals surface area contributed by atoms with Crippen LogP contribution < -0.4 is 0 Å². The lowest BCUT2D eigenvalue weighted by Crippen LogP contribution is -2.29. The zero-order valence-electron chi connectivity index (χ0n) is 10.5. The van der Waals surface area contributed by atoms with Crippen molar-refractivity contribution in [3.05, 3.63) is 0 Å². The van der Waals surface area contributed by atoms with Gasteiger partial charge in [0.2, 0.25) is 0 Å². The van der Waals surface area contributed by atoms with Gasteiger partial charge in [0.1, 0.15) is 7.28 Å². The Morgan fingerprint density at radius 1 is 1.07 bits per heavy atom. The first-order valence-electron chi connectivity index (χ1n) is 6.38. The molecular weight excluding hydrogens is 167 g/mol. The highest BCUT2D eigenvalue weighted by molar-refractivity contribution is 6.37. The largest absolute Gasteiger partial charge is 0.114 e. The Morgan fingerprint density at radius 2 is 1.71 bits per heavy atom. The Kier molecular flexibility index (Phi) is 4.54. The van der Waals surface area contributed by atoms with Crippen molar-refractivity contribution in [2.24, 2.45) is 11.3 Å². The van der Waals surface area contributed by atoms with Crippen LogP contribution in [0.3, 0.4) is 0 Å². The first-order valence-corrected chi connectivity index (χ1v) is 6.38. The van der Waals surface area contributed by atoms with Crippen molar-refractivity contribution < 1.29 is 0 Å². The van der Waals surface area contributed by atoms with Crippen molar-refractivity contribution >= 4 is 7.28 Å². The molecule has 0 nitrogen and oxygen atoms in total. The molecule has 0 aromatic rings. The molecule has 1 atom stereocenters. The van der Waals surface area contributed by atoms with Gasteiger partial charge in [0.25, 0.3) is 0 Å². The average Bonchev–Trinajstić information content (AvgIpc) is 2.01. The van der Waals surface area contributed by atoms with Gasteiger partial charge in [-0.05, 0) is 11.3 Å². The van der Waals surface area contributed by atoms with Gasteiger partial charge in [0.05, 0.1) is 0 Å². The summed E-state index contributed by atoms with van der Waals surface area (Å²) in [6.07, 6.45) is 8.54. The molecule has 1 heterocycles. The minimum atomic E-state index is 0.497. The van der Waals surface area contributed by atoms with Crippen molar-refractivity contribution in [1.82, 2.24) is 0 Å². The maximum atomic E-state index is 2.61. The van der Waals surface area contributed by atoms with Crippen LogP contribution in [0.5, 0.6) is 0 Å². The second-order valence-electron chi connectivity index (χ2n) is 5.81. The molecule has 0 N–H and O–H groups in total. The summed E-state index contributed by atoms with van der Waals surface area (Å²) in [6, 6.07) is 0. The Bertz CT molecular complexity index is 153. The maximum absolute atomic E-state index is 2.61. The van der Waals surface area contributed by atoms with Crippen LogP contribution >= 0.6 is 0 Å². The van der Waals surface area contributed by atoms with Gasteiger partial charge in [0, 0.05) is 0 Å². The van der Waals surface area contributed by atoms with Crippen LogP contribution in [0.2, 0.25) is 12.1 Å². The number of hydrogen-bond acceptors (Lipinski definition) is 0. The fourth-order valence-corrected chi connectivity index (χ4v) is 2.40. The molecule has 1 rings (SSSR count). The lowest BCUT2D eigenvalue weighted by Gasteiger charge is -2.39. The predicted molar refractivity (Wildman–Crippen MR) is 66.0 cm³/mol. The molecule has 0 amide bonds. The standard InChI is InChI=1S/C13H26B/c1-11(2)13(3,4)12-9-7-5-6-8-10-14-12/h11-12H,5-10H2,1-4H3. The lowest BCUT2D eigenvalue weighted by atomic mass is 9.47. The summed E-state index contributed by atoms with van der Waals surface area (Å²) in [7, 11) is 2.61. The van der Waals surface area contributed by atoms with Crippen LogP contribution in [0.4, 0.5) is 0 Å². The van der Waals surface area contributed by atoms with E-state index >= 15 is 0 Å². The zero-order chi connectivity index (χ0) is 10.6. The van der Waals surface area contributed by atoms with E-state index in [0.29, 0.717) is 5.41 Å². The van der Waals surface area contributed by atoms with Gasteiger partial charge < -0.3 is 0 Å². The summed E-state index contributed by atoms with van der Waals surface area (Å²) in [5.74, 6) is 1.64. The average molecular weight is 193 g/mol. The van der Waals surface area contributed by atoms with Crippen LogP contribution in [0, 0.1) is 11.3 Å². The predicted octanol–water partition coefficient (Wildman–Crippen LogP) is 4.54. The van der Waals surface area contributed by atoms with Crippen molar-refractivity contribution in [3.63, 3.8) is 0 Å². The fraction of sp³-hybridized carbons (Fsp3) is 1.00. The molecule has 1 aliphatic rings. The molecule has 1 unspecified atom stereocenters. The molecule has 0 aliphatic carbocycles. The van der Waals surface area contributed by atoms with Crippen LogP contribution in [0.15, 0.2) is 0 Å². The molecule has 0 saturated carbocycles. The van der Waals surface area contributed by atoms with E-state index in [4.69, 9.17) is 0 Å². The van der Waals surface area contributed by atoms with Crippen LogP contribution in [-0.4, -0.2) is 7.28 Å². The molecule has 0 spiro atoms. The lowest BCUT2D eigenvalue weighted by molar-refractivity contribution is 0.218. The van der Waals surface area contributed by atoms with Crippen LogP contribution in [0.25, 0.3) is 0 Å². The third kappa shape index (κ3) is 3.03. The van der Waals surface area contributed by atoms with Gasteiger partial charge >= 0.3 is 0 Å². The van der Waals surface area contributed by atoms with Crippen molar-refractivity contribution in [1.29, 1.82) is 0 Å². The molecule has 1 aliphatic heterocycles. The maximum Gasteiger partial charge on any atom is 0.114 e. The third-order valence-corrected chi connectivity index (χ3v) is 4.36. The van der Waals surface area contributed by atoms with E-state index in [1.807, 2.05) is 0 Å².